The van der Waals surface area contributed by atoms with Gasteiger partial charge in [-0.1, -0.05) is 18.1 Å². The number of thioether (sulfide) groups is 1. The van der Waals surface area contributed by atoms with E-state index in [-0.39, 0.29) is 17.1 Å². The molecule has 0 aromatic carbocycles. The second-order valence-corrected chi connectivity index (χ2v) is 5.50. The van der Waals surface area contributed by atoms with Gasteiger partial charge < -0.3 is 4.18 Å². The minimum absolute atomic E-state index is 0.0337. The van der Waals surface area contributed by atoms with Gasteiger partial charge >= 0.3 is 5.97 Å². The molecule has 1 fully saturated rings. The van der Waals surface area contributed by atoms with Crippen LogP contribution in [0.3, 0.4) is 0 Å². The van der Waals surface area contributed by atoms with Crippen LogP contribution in [-0.4, -0.2) is 22.6 Å². The van der Waals surface area contributed by atoms with Crippen molar-refractivity contribution < 1.29 is 8.98 Å². The largest absolute Gasteiger partial charge is 0.417 e. The Labute approximate surface area is 68.3 Å². The molecule has 0 aromatic rings. The van der Waals surface area contributed by atoms with Crippen LogP contribution in [0.1, 0.15) is 13.3 Å². The van der Waals surface area contributed by atoms with Gasteiger partial charge in [0.2, 0.25) is 0 Å². The summed E-state index contributed by atoms with van der Waals surface area (Å²) in [5.74, 6) is 2.24. The Bertz CT molecular complexity index is 121. The van der Waals surface area contributed by atoms with Crippen LogP contribution >= 0.6 is 22.9 Å². The molecule has 2 nitrogen and oxygen atoms in total. The Balaban J connectivity index is 2.17. The van der Waals surface area contributed by atoms with Crippen LogP contribution in [-0.2, 0) is 8.98 Å². The minimum Gasteiger partial charge on any atom is -0.417 e. The summed E-state index contributed by atoms with van der Waals surface area (Å²) in [6, 6.07) is 0. The van der Waals surface area contributed by atoms with E-state index in [2.05, 4.69) is 0 Å². The van der Waals surface area contributed by atoms with E-state index in [1.807, 2.05) is 18.7 Å². The van der Waals surface area contributed by atoms with Crippen LogP contribution in [0.5, 0.6) is 0 Å². The summed E-state index contributed by atoms with van der Waals surface area (Å²) in [4.78, 5) is 10.8. The summed E-state index contributed by atoms with van der Waals surface area (Å²) >= 11 is 1.51. The smallest absolute Gasteiger partial charge is 0.315 e. The second kappa shape index (κ2) is 4.13. The molecule has 1 saturated heterocycles. The molecule has 0 N–H and O–H groups in total. The summed E-state index contributed by atoms with van der Waals surface area (Å²) in [7, 11) is 0. The lowest BCUT2D eigenvalue weighted by Crippen LogP contribution is -2.00. The summed E-state index contributed by atoms with van der Waals surface area (Å²) in [6.45, 7) is 1.83. The second-order valence-electron chi connectivity index (χ2n) is 2.06. The molecule has 1 atom stereocenters. The van der Waals surface area contributed by atoms with Gasteiger partial charge in [0, 0.05) is 17.9 Å². The lowest BCUT2D eigenvalue weighted by atomic mass is 10.5. The molecule has 10 heavy (non-hydrogen) atoms. The van der Waals surface area contributed by atoms with Crippen LogP contribution in [0.25, 0.3) is 0 Å². The van der Waals surface area contributed by atoms with E-state index in [0.29, 0.717) is 6.42 Å². The van der Waals surface area contributed by atoms with E-state index in [1.165, 1.54) is 5.75 Å². The Morgan fingerprint density at radius 1 is 1.80 bits per heavy atom. The predicted molar refractivity (Wildman–Crippen MR) is 47.6 cm³/mol. The van der Waals surface area contributed by atoms with Crippen molar-refractivity contribution in [3.05, 3.63) is 0 Å². The molecule has 1 aliphatic rings. The molecule has 0 spiro atoms. The zero-order chi connectivity index (χ0) is 7.40. The maximum Gasteiger partial charge on any atom is 0.315 e. The van der Waals surface area contributed by atoms with Crippen molar-refractivity contribution in [1.29, 1.82) is 0 Å². The molecular formula is C6H12O2S2. The molecule has 0 amide bonds. The fourth-order valence-electron chi connectivity index (χ4n) is 0.678. The first kappa shape index (κ1) is 8.27. The number of carbonyl (C=O) groups excluding carboxylic acids is 1. The molecular weight excluding hydrogens is 168 g/mol. The fraction of sp³-hybridized carbons (Fsp3) is 0.833. The van der Waals surface area contributed by atoms with Gasteiger partial charge in [0.1, 0.15) is 0 Å². The monoisotopic (exact) mass is 180 g/mol. The first-order chi connectivity index (χ1) is 4.83. The lowest BCUT2D eigenvalue weighted by Gasteiger charge is -2.12. The Morgan fingerprint density at radius 3 is 3.10 bits per heavy atom. The molecule has 60 valence electrons. The highest BCUT2D eigenvalue weighted by Gasteiger charge is 2.14. The number of thiol groups is 1. The summed E-state index contributed by atoms with van der Waals surface area (Å²) in [5, 5.41) is 1.06. The highest BCUT2D eigenvalue weighted by atomic mass is 32.3. The van der Waals surface area contributed by atoms with Crippen LogP contribution in [0.2, 0.25) is 0 Å². The maximum absolute atomic E-state index is 10.8. The molecule has 0 aromatic heterocycles. The van der Waals surface area contributed by atoms with Crippen molar-refractivity contribution in [3.63, 3.8) is 0 Å². The first-order valence-electron chi connectivity index (χ1n) is 3.36. The minimum atomic E-state index is -0.377. The molecule has 1 rings (SSSR count). The Hall–Kier alpha value is 0.170. The zero-order valence-corrected chi connectivity index (χ0v) is 7.71. The van der Waals surface area contributed by atoms with Gasteiger partial charge in [-0.15, -0.1) is 11.8 Å². The van der Waals surface area contributed by atoms with E-state index in [0.717, 1.165) is 10.8 Å². The van der Waals surface area contributed by atoms with Crippen molar-refractivity contribution in [2.24, 2.45) is 0 Å². The van der Waals surface area contributed by atoms with Crippen LogP contribution in [0.4, 0.5) is 0 Å². The quantitative estimate of drug-likeness (QED) is 0.653. The predicted octanol–water partition coefficient (Wildman–Crippen LogP) is 1.56. The van der Waals surface area contributed by atoms with Gasteiger partial charge in [-0.25, -0.2) is 0 Å². The van der Waals surface area contributed by atoms with Gasteiger partial charge in [0.05, 0.1) is 5.08 Å². The van der Waals surface area contributed by atoms with E-state index >= 15 is 0 Å². The van der Waals surface area contributed by atoms with Gasteiger partial charge in [-0.05, 0) is 0 Å². The Morgan fingerprint density at radius 2 is 2.60 bits per heavy atom. The highest BCUT2D eigenvalue weighted by molar-refractivity contribution is 8.26. The third-order valence-corrected chi connectivity index (χ3v) is 5.10. The SMILES string of the molecule is CCC(=O)O[SH]1CCSC1. The third-order valence-electron chi connectivity index (χ3n) is 1.24. The highest BCUT2D eigenvalue weighted by Crippen LogP contribution is 2.38. The standard InChI is InChI=1S/C6H12O2S2/c1-2-6(7)8-10-4-3-9-5-10/h10H,2-5H2,1H3. The number of hydrogen-bond acceptors (Lipinski definition) is 3. The van der Waals surface area contributed by atoms with Crippen LogP contribution in [0.15, 0.2) is 0 Å². The van der Waals surface area contributed by atoms with Crippen molar-refractivity contribution in [2.45, 2.75) is 13.3 Å². The van der Waals surface area contributed by atoms with Gasteiger partial charge in [-0.3, -0.25) is 4.79 Å². The van der Waals surface area contributed by atoms with Crippen LogP contribution in [0, 0.1) is 0 Å². The number of rotatable bonds is 2. The van der Waals surface area contributed by atoms with Gasteiger partial charge in [-0.2, -0.15) is 0 Å². The average Bonchev–Trinajstić information content (AvgIpc) is 2.40. The molecule has 0 bridgehead atoms. The van der Waals surface area contributed by atoms with Crippen molar-refractivity contribution >= 4 is 28.9 Å². The van der Waals surface area contributed by atoms with E-state index < -0.39 is 0 Å². The van der Waals surface area contributed by atoms with Gasteiger partial charge in [0.25, 0.3) is 0 Å². The third kappa shape index (κ3) is 2.42. The molecule has 0 aliphatic carbocycles. The number of hydrogen-bond donors (Lipinski definition) is 1. The number of carbonyl (C=O) groups is 1. The first-order valence-corrected chi connectivity index (χ1v) is 6.15. The zero-order valence-electron chi connectivity index (χ0n) is 6.00. The molecule has 0 saturated carbocycles. The lowest BCUT2D eigenvalue weighted by molar-refractivity contribution is -0.132. The van der Waals surface area contributed by atoms with Crippen molar-refractivity contribution in [3.8, 4) is 0 Å². The summed E-state index contributed by atoms with van der Waals surface area (Å²) in [6.07, 6.45) is 0.517. The molecule has 4 heteroatoms. The Kier molecular flexibility index (Phi) is 3.42. The van der Waals surface area contributed by atoms with Crippen molar-refractivity contribution in [1.82, 2.24) is 0 Å². The molecule has 1 unspecified atom stereocenters. The molecule has 1 aliphatic heterocycles. The molecule has 1 heterocycles. The van der Waals surface area contributed by atoms with Crippen molar-refractivity contribution in [2.75, 3.05) is 16.6 Å². The summed E-state index contributed by atoms with van der Waals surface area (Å²) in [5.41, 5.74) is 0. The fourth-order valence-corrected chi connectivity index (χ4v) is 4.58. The maximum atomic E-state index is 10.8. The van der Waals surface area contributed by atoms with Crippen LogP contribution < -0.4 is 0 Å². The van der Waals surface area contributed by atoms with E-state index in [1.54, 1.807) is 0 Å². The average molecular weight is 180 g/mol. The summed E-state index contributed by atoms with van der Waals surface area (Å²) < 4.78 is 5.17. The topological polar surface area (TPSA) is 26.3 Å². The van der Waals surface area contributed by atoms with E-state index in [9.17, 15) is 4.79 Å². The van der Waals surface area contributed by atoms with Gasteiger partial charge in [0.15, 0.2) is 0 Å². The molecule has 0 radical (unpaired) electrons. The normalized spacial score (nSPS) is 28.3. The van der Waals surface area contributed by atoms with E-state index in [4.69, 9.17) is 4.18 Å².